The molecule has 2 aliphatic rings. The maximum atomic E-state index is 12.1. The summed E-state index contributed by atoms with van der Waals surface area (Å²) in [6.07, 6.45) is 5.45. The molecular formula is C14H24N2O2. The van der Waals surface area contributed by atoms with Crippen molar-refractivity contribution in [3.05, 3.63) is 0 Å². The molecule has 1 saturated carbocycles. The number of hydrogen-bond acceptors (Lipinski definition) is 2. The lowest BCUT2D eigenvalue weighted by Crippen LogP contribution is -2.43. The van der Waals surface area contributed by atoms with E-state index in [-0.39, 0.29) is 30.1 Å². The van der Waals surface area contributed by atoms with Crippen LogP contribution in [-0.2, 0) is 9.59 Å². The molecule has 2 amide bonds. The van der Waals surface area contributed by atoms with Gasteiger partial charge in [-0.25, -0.2) is 0 Å². The highest BCUT2D eigenvalue weighted by Gasteiger charge is 2.48. The Hall–Kier alpha value is -1.06. The van der Waals surface area contributed by atoms with Gasteiger partial charge in [-0.1, -0.05) is 26.7 Å². The van der Waals surface area contributed by atoms with E-state index >= 15 is 0 Å². The summed E-state index contributed by atoms with van der Waals surface area (Å²) in [5.74, 6) is 0.372. The summed E-state index contributed by atoms with van der Waals surface area (Å²) in [5, 5.41) is 0. The number of hydrogen-bond donors (Lipinski definition) is 0. The van der Waals surface area contributed by atoms with Crippen molar-refractivity contribution in [3.63, 3.8) is 0 Å². The highest BCUT2D eigenvalue weighted by atomic mass is 16.2. The molecule has 0 N–H and O–H groups in total. The Balaban J connectivity index is 2.27. The van der Waals surface area contributed by atoms with Gasteiger partial charge in [-0.2, -0.15) is 0 Å². The van der Waals surface area contributed by atoms with Crippen LogP contribution in [0.4, 0.5) is 0 Å². The van der Waals surface area contributed by atoms with E-state index in [4.69, 9.17) is 0 Å². The van der Waals surface area contributed by atoms with Crippen molar-refractivity contribution < 1.29 is 9.59 Å². The monoisotopic (exact) mass is 252 g/mol. The van der Waals surface area contributed by atoms with Gasteiger partial charge in [0.05, 0.1) is 12.1 Å². The zero-order valence-corrected chi connectivity index (χ0v) is 11.7. The molecule has 102 valence electrons. The summed E-state index contributed by atoms with van der Waals surface area (Å²) in [7, 11) is 0. The standard InChI is InChI=1S/C14H24N2O2/c1-4-13(17)15-10(3)16(14(18)5-2)12-9-7-6-8-11(12)15/h10-12H,4-9H2,1-3H3/t11-,12-/m0/s1. The van der Waals surface area contributed by atoms with Crippen LogP contribution < -0.4 is 0 Å². The molecule has 0 aromatic rings. The van der Waals surface area contributed by atoms with E-state index in [2.05, 4.69) is 0 Å². The number of nitrogens with zero attached hydrogens (tertiary/aromatic N) is 2. The third-order valence-electron chi connectivity index (χ3n) is 4.39. The molecule has 0 aromatic heterocycles. The topological polar surface area (TPSA) is 40.6 Å². The van der Waals surface area contributed by atoms with Gasteiger partial charge in [0.2, 0.25) is 11.8 Å². The van der Waals surface area contributed by atoms with Crippen molar-refractivity contribution in [2.24, 2.45) is 0 Å². The minimum absolute atomic E-state index is 0.0574. The first-order valence-corrected chi connectivity index (χ1v) is 7.24. The SMILES string of the molecule is CCC(=O)N1C(C)N(C(=O)CC)[C@H]2CCCC[C@@H]21. The number of carbonyl (C=O) groups excluding carboxylic acids is 2. The van der Waals surface area contributed by atoms with Gasteiger partial charge in [-0.15, -0.1) is 0 Å². The van der Waals surface area contributed by atoms with Crippen LogP contribution in [0.25, 0.3) is 0 Å². The Morgan fingerprint density at radius 2 is 1.33 bits per heavy atom. The van der Waals surface area contributed by atoms with E-state index in [1.165, 1.54) is 12.8 Å². The summed E-state index contributed by atoms with van der Waals surface area (Å²) < 4.78 is 0. The van der Waals surface area contributed by atoms with Crippen molar-refractivity contribution in [2.45, 2.75) is 77.5 Å². The molecule has 2 rings (SSSR count). The molecule has 1 aliphatic heterocycles. The van der Waals surface area contributed by atoms with Gasteiger partial charge in [-0.3, -0.25) is 9.59 Å². The van der Waals surface area contributed by atoms with Crippen LogP contribution in [0.2, 0.25) is 0 Å². The van der Waals surface area contributed by atoms with E-state index in [1.807, 2.05) is 30.6 Å². The van der Waals surface area contributed by atoms with Crippen LogP contribution in [-0.4, -0.2) is 39.9 Å². The van der Waals surface area contributed by atoms with Crippen LogP contribution in [0.1, 0.15) is 59.3 Å². The average molecular weight is 252 g/mol. The second-order valence-electron chi connectivity index (χ2n) is 5.36. The van der Waals surface area contributed by atoms with Crippen LogP contribution in [0.15, 0.2) is 0 Å². The second-order valence-corrected chi connectivity index (χ2v) is 5.36. The van der Waals surface area contributed by atoms with Crippen molar-refractivity contribution in [1.82, 2.24) is 9.80 Å². The molecule has 4 nitrogen and oxygen atoms in total. The molecule has 0 radical (unpaired) electrons. The predicted molar refractivity (Wildman–Crippen MR) is 69.8 cm³/mol. The molecule has 4 heteroatoms. The first-order valence-electron chi connectivity index (χ1n) is 7.24. The van der Waals surface area contributed by atoms with Gasteiger partial charge in [0.15, 0.2) is 0 Å². The Labute approximate surface area is 109 Å². The number of amides is 2. The summed E-state index contributed by atoms with van der Waals surface area (Å²) in [6, 6.07) is 0.522. The maximum absolute atomic E-state index is 12.1. The largest absolute Gasteiger partial charge is 0.317 e. The summed E-state index contributed by atoms with van der Waals surface area (Å²) >= 11 is 0. The van der Waals surface area contributed by atoms with Crippen molar-refractivity contribution in [2.75, 3.05) is 0 Å². The van der Waals surface area contributed by atoms with Gasteiger partial charge in [-0.05, 0) is 19.8 Å². The zero-order chi connectivity index (χ0) is 13.3. The van der Waals surface area contributed by atoms with E-state index in [1.54, 1.807) is 0 Å². The molecule has 0 bridgehead atoms. The van der Waals surface area contributed by atoms with Crippen LogP contribution in [0.3, 0.4) is 0 Å². The fraction of sp³-hybridized carbons (Fsp3) is 0.857. The molecule has 2 atom stereocenters. The van der Waals surface area contributed by atoms with E-state index < -0.39 is 0 Å². The van der Waals surface area contributed by atoms with Crippen molar-refractivity contribution in [1.29, 1.82) is 0 Å². The molecule has 1 saturated heterocycles. The van der Waals surface area contributed by atoms with E-state index in [9.17, 15) is 9.59 Å². The lowest BCUT2D eigenvalue weighted by atomic mass is 9.90. The average Bonchev–Trinajstić information content (AvgIpc) is 2.69. The molecule has 0 spiro atoms. The lowest BCUT2D eigenvalue weighted by Gasteiger charge is -2.31. The number of fused-ring (bicyclic) bond motifs is 1. The van der Waals surface area contributed by atoms with Gasteiger partial charge in [0.25, 0.3) is 0 Å². The van der Waals surface area contributed by atoms with Gasteiger partial charge < -0.3 is 9.80 Å². The summed E-state index contributed by atoms with van der Waals surface area (Å²) in [6.45, 7) is 5.80. The summed E-state index contributed by atoms with van der Waals surface area (Å²) in [5.41, 5.74) is 0. The first-order chi connectivity index (χ1) is 8.61. The zero-order valence-electron chi connectivity index (χ0n) is 11.7. The Kier molecular flexibility index (Phi) is 3.93. The number of rotatable bonds is 2. The molecule has 0 unspecified atom stereocenters. The Morgan fingerprint density at radius 3 is 1.67 bits per heavy atom. The highest BCUT2D eigenvalue weighted by Crippen LogP contribution is 2.37. The van der Waals surface area contributed by atoms with Gasteiger partial charge >= 0.3 is 0 Å². The maximum Gasteiger partial charge on any atom is 0.224 e. The van der Waals surface area contributed by atoms with Crippen molar-refractivity contribution in [3.8, 4) is 0 Å². The quantitative estimate of drug-likeness (QED) is 0.755. The summed E-state index contributed by atoms with van der Waals surface area (Å²) in [4.78, 5) is 28.2. The minimum Gasteiger partial charge on any atom is -0.317 e. The second kappa shape index (κ2) is 5.29. The van der Waals surface area contributed by atoms with Crippen molar-refractivity contribution >= 4 is 11.8 Å². The molecule has 1 aliphatic carbocycles. The third-order valence-corrected chi connectivity index (χ3v) is 4.39. The fourth-order valence-corrected chi connectivity index (χ4v) is 3.58. The normalized spacial score (nSPS) is 28.4. The first kappa shape index (κ1) is 13.4. The molecule has 2 fully saturated rings. The van der Waals surface area contributed by atoms with Crippen LogP contribution in [0, 0.1) is 0 Å². The minimum atomic E-state index is -0.0574. The van der Waals surface area contributed by atoms with Gasteiger partial charge in [0, 0.05) is 12.8 Å². The lowest BCUT2D eigenvalue weighted by molar-refractivity contribution is -0.139. The highest BCUT2D eigenvalue weighted by molar-refractivity contribution is 5.81. The predicted octanol–water partition coefficient (Wildman–Crippen LogP) is 2.13. The van der Waals surface area contributed by atoms with E-state index in [0.29, 0.717) is 12.8 Å². The smallest absolute Gasteiger partial charge is 0.224 e. The van der Waals surface area contributed by atoms with E-state index in [0.717, 1.165) is 12.8 Å². The van der Waals surface area contributed by atoms with Gasteiger partial charge in [0.1, 0.15) is 6.17 Å². The van der Waals surface area contributed by atoms with Crippen LogP contribution >= 0.6 is 0 Å². The number of carbonyl (C=O) groups is 2. The molecule has 1 heterocycles. The Morgan fingerprint density at radius 1 is 0.944 bits per heavy atom. The fourth-order valence-electron chi connectivity index (χ4n) is 3.58. The molecular weight excluding hydrogens is 228 g/mol. The third kappa shape index (κ3) is 2.02. The van der Waals surface area contributed by atoms with Crippen LogP contribution in [0.5, 0.6) is 0 Å². The molecule has 0 aromatic carbocycles. The Bertz CT molecular complexity index is 311. The molecule has 18 heavy (non-hydrogen) atoms.